The van der Waals surface area contributed by atoms with Gasteiger partial charge in [-0.2, -0.15) is 5.10 Å². The second kappa shape index (κ2) is 5.78. The maximum Gasteiger partial charge on any atom is 0.270 e. The van der Waals surface area contributed by atoms with E-state index in [0.717, 1.165) is 32.4 Å². The van der Waals surface area contributed by atoms with E-state index in [2.05, 4.69) is 20.5 Å². The van der Waals surface area contributed by atoms with Crippen molar-refractivity contribution in [3.8, 4) is 0 Å². The van der Waals surface area contributed by atoms with Crippen molar-refractivity contribution in [3.05, 3.63) is 16.6 Å². The highest BCUT2D eigenvalue weighted by Gasteiger charge is 2.16. The highest BCUT2D eigenvalue weighted by atomic mass is 32.2. The van der Waals surface area contributed by atoms with Gasteiger partial charge in [-0.3, -0.25) is 14.6 Å². The second-order valence-corrected chi connectivity index (χ2v) is 4.52. The molecule has 1 amide bonds. The molecule has 0 saturated carbocycles. The van der Waals surface area contributed by atoms with E-state index < -0.39 is 0 Å². The third-order valence-corrected chi connectivity index (χ3v) is 3.20. The van der Waals surface area contributed by atoms with Crippen molar-refractivity contribution in [1.82, 2.24) is 25.4 Å². The summed E-state index contributed by atoms with van der Waals surface area (Å²) in [5.41, 5.74) is -0.308. The number of nitrogens with zero attached hydrogens (tertiary/aromatic N) is 3. The summed E-state index contributed by atoms with van der Waals surface area (Å²) in [5.74, 6) is 0.331. The van der Waals surface area contributed by atoms with E-state index in [-0.39, 0.29) is 17.2 Å². The van der Waals surface area contributed by atoms with Crippen molar-refractivity contribution in [2.24, 2.45) is 0 Å². The Balaban J connectivity index is 1.85. The fourth-order valence-electron chi connectivity index (χ4n) is 1.50. The van der Waals surface area contributed by atoms with Gasteiger partial charge in [0, 0.05) is 26.2 Å². The monoisotopic (exact) mass is 255 g/mol. The standard InChI is InChI=1S/C9H13N5O2S/c15-7-5-11-13-9(12-7)17-6-8(16)14-3-1-10-2-4-14/h5,10H,1-4,6H2,(H,12,13,15). The number of hydrogen-bond acceptors (Lipinski definition) is 6. The molecule has 1 aromatic rings. The minimum atomic E-state index is -0.308. The number of carbonyl (C=O) groups is 1. The summed E-state index contributed by atoms with van der Waals surface area (Å²) in [6.45, 7) is 3.13. The van der Waals surface area contributed by atoms with Crippen molar-refractivity contribution in [3.63, 3.8) is 0 Å². The van der Waals surface area contributed by atoms with E-state index in [1.165, 1.54) is 11.8 Å². The van der Waals surface area contributed by atoms with E-state index in [0.29, 0.717) is 5.16 Å². The third kappa shape index (κ3) is 3.53. The van der Waals surface area contributed by atoms with Gasteiger partial charge >= 0.3 is 0 Å². The Kier molecular flexibility index (Phi) is 4.10. The zero-order valence-electron chi connectivity index (χ0n) is 9.18. The van der Waals surface area contributed by atoms with Gasteiger partial charge in [-0.15, -0.1) is 5.10 Å². The van der Waals surface area contributed by atoms with E-state index in [9.17, 15) is 9.59 Å². The topological polar surface area (TPSA) is 91.0 Å². The number of aromatic nitrogens is 3. The van der Waals surface area contributed by atoms with Crippen LogP contribution in [0.3, 0.4) is 0 Å². The number of hydrogen-bond donors (Lipinski definition) is 2. The first kappa shape index (κ1) is 12.1. The van der Waals surface area contributed by atoms with Gasteiger partial charge in [0.25, 0.3) is 5.56 Å². The van der Waals surface area contributed by atoms with Crippen LogP contribution in [-0.4, -0.2) is 57.9 Å². The van der Waals surface area contributed by atoms with Crippen LogP contribution in [0.1, 0.15) is 0 Å². The predicted octanol–water partition coefficient (Wildman–Crippen LogP) is -1.31. The molecule has 1 aliphatic rings. The molecule has 92 valence electrons. The van der Waals surface area contributed by atoms with E-state index in [4.69, 9.17) is 0 Å². The SMILES string of the molecule is O=C(CSc1nncc(=O)[nH]1)N1CCNCC1. The average Bonchev–Trinajstić information content (AvgIpc) is 2.37. The molecular weight excluding hydrogens is 242 g/mol. The highest BCUT2D eigenvalue weighted by molar-refractivity contribution is 7.99. The Morgan fingerprint density at radius 1 is 1.47 bits per heavy atom. The van der Waals surface area contributed by atoms with Crippen molar-refractivity contribution in [2.75, 3.05) is 31.9 Å². The summed E-state index contributed by atoms with van der Waals surface area (Å²) in [6, 6.07) is 0. The van der Waals surface area contributed by atoms with Crippen LogP contribution in [0.5, 0.6) is 0 Å². The molecule has 0 spiro atoms. The molecule has 2 rings (SSSR count). The van der Waals surface area contributed by atoms with Gasteiger partial charge in [-0.25, -0.2) is 0 Å². The molecule has 7 nitrogen and oxygen atoms in total. The van der Waals surface area contributed by atoms with Crippen LogP contribution in [-0.2, 0) is 4.79 Å². The molecule has 0 unspecified atom stereocenters. The number of piperazine rings is 1. The average molecular weight is 255 g/mol. The summed E-state index contributed by atoms with van der Waals surface area (Å²) in [5, 5.41) is 10.8. The summed E-state index contributed by atoms with van der Waals surface area (Å²) < 4.78 is 0. The first-order valence-electron chi connectivity index (χ1n) is 5.29. The lowest BCUT2D eigenvalue weighted by atomic mass is 10.3. The van der Waals surface area contributed by atoms with Crippen LogP contribution < -0.4 is 10.9 Å². The number of H-pyrrole nitrogens is 1. The van der Waals surface area contributed by atoms with Crippen LogP contribution >= 0.6 is 11.8 Å². The van der Waals surface area contributed by atoms with E-state index in [1.54, 1.807) is 4.90 Å². The van der Waals surface area contributed by atoms with Crippen LogP contribution in [0.4, 0.5) is 0 Å². The number of amides is 1. The number of aromatic amines is 1. The van der Waals surface area contributed by atoms with E-state index >= 15 is 0 Å². The van der Waals surface area contributed by atoms with Crippen molar-refractivity contribution < 1.29 is 4.79 Å². The van der Waals surface area contributed by atoms with Gasteiger partial charge in [-0.05, 0) is 0 Å². The minimum absolute atomic E-state index is 0.0583. The molecule has 17 heavy (non-hydrogen) atoms. The maximum atomic E-state index is 11.8. The number of carbonyl (C=O) groups excluding carboxylic acids is 1. The molecule has 2 N–H and O–H groups in total. The fraction of sp³-hybridized carbons (Fsp3) is 0.556. The lowest BCUT2D eigenvalue weighted by Gasteiger charge is -2.27. The smallest absolute Gasteiger partial charge is 0.270 e. The molecular formula is C9H13N5O2S. The fourth-order valence-corrected chi connectivity index (χ4v) is 2.22. The Morgan fingerprint density at radius 3 is 2.94 bits per heavy atom. The maximum absolute atomic E-state index is 11.8. The van der Waals surface area contributed by atoms with Gasteiger partial charge in [0.05, 0.1) is 5.75 Å². The summed E-state index contributed by atoms with van der Waals surface area (Å²) >= 11 is 1.20. The minimum Gasteiger partial charge on any atom is -0.339 e. The Hall–Kier alpha value is -1.41. The Bertz CT molecular complexity index is 443. The van der Waals surface area contributed by atoms with Crippen LogP contribution in [0.15, 0.2) is 16.1 Å². The Morgan fingerprint density at radius 2 is 2.24 bits per heavy atom. The lowest BCUT2D eigenvalue weighted by Crippen LogP contribution is -2.47. The molecule has 1 aliphatic heterocycles. The van der Waals surface area contributed by atoms with Crippen LogP contribution in [0, 0.1) is 0 Å². The lowest BCUT2D eigenvalue weighted by molar-refractivity contribution is -0.128. The molecule has 0 aliphatic carbocycles. The molecule has 8 heteroatoms. The number of nitrogens with one attached hydrogen (secondary N) is 2. The normalized spacial score (nSPS) is 15.9. The van der Waals surface area contributed by atoms with E-state index in [1.807, 2.05) is 0 Å². The molecule has 1 fully saturated rings. The van der Waals surface area contributed by atoms with Gasteiger partial charge in [0.2, 0.25) is 5.91 Å². The first-order valence-corrected chi connectivity index (χ1v) is 6.27. The molecule has 0 radical (unpaired) electrons. The quantitative estimate of drug-likeness (QED) is 0.652. The molecule has 0 atom stereocenters. The van der Waals surface area contributed by atoms with Gasteiger partial charge in [-0.1, -0.05) is 11.8 Å². The zero-order valence-corrected chi connectivity index (χ0v) is 10.00. The molecule has 1 aromatic heterocycles. The molecule has 0 bridgehead atoms. The first-order chi connectivity index (χ1) is 8.25. The van der Waals surface area contributed by atoms with Gasteiger partial charge in [0.1, 0.15) is 6.20 Å². The highest BCUT2D eigenvalue weighted by Crippen LogP contribution is 2.10. The molecule has 1 saturated heterocycles. The predicted molar refractivity (Wildman–Crippen MR) is 62.8 cm³/mol. The second-order valence-electron chi connectivity index (χ2n) is 3.56. The van der Waals surface area contributed by atoms with Gasteiger partial charge < -0.3 is 10.2 Å². The number of rotatable bonds is 3. The third-order valence-electron chi connectivity index (χ3n) is 2.36. The zero-order chi connectivity index (χ0) is 12.1. The van der Waals surface area contributed by atoms with Gasteiger partial charge in [0.15, 0.2) is 5.16 Å². The van der Waals surface area contributed by atoms with Crippen LogP contribution in [0.2, 0.25) is 0 Å². The summed E-state index contributed by atoms with van der Waals surface area (Å²) in [6.07, 6.45) is 1.10. The molecule has 2 heterocycles. The summed E-state index contributed by atoms with van der Waals surface area (Å²) in [7, 11) is 0. The Labute approximate surface area is 102 Å². The molecule has 0 aromatic carbocycles. The summed E-state index contributed by atoms with van der Waals surface area (Å²) in [4.78, 5) is 27.1. The van der Waals surface area contributed by atoms with Crippen molar-refractivity contribution in [2.45, 2.75) is 5.16 Å². The van der Waals surface area contributed by atoms with Crippen molar-refractivity contribution >= 4 is 17.7 Å². The van der Waals surface area contributed by atoms with Crippen LogP contribution in [0.25, 0.3) is 0 Å². The van der Waals surface area contributed by atoms with Crippen molar-refractivity contribution in [1.29, 1.82) is 0 Å². The number of thioether (sulfide) groups is 1. The largest absolute Gasteiger partial charge is 0.339 e.